The monoisotopic (exact) mass is 455 g/mol. The van der Waals surface area contributed by atoms with Crippen LogP contribution in [0.25, 0.3) is 0 Å². The minimum absolute atomic E-state index is 0.00454. The lowest BCUT2D eigenvalue weighted by Crippen LogP contribution is -2.72. The van der Waals surface area contributed by atoms with Gasteiger partial charge in [0.25, 0.3) is 17.1 Å². The molecule has 12 heteroatoms. The van der Waals surface area contributed by atoms with E-state index in [0.717, 1.165) is 6.20 Å². The van der Waals surface area contributed by atoms with Crippen LogP contribution in [-0.4, -0.2) is 71.1 Å². The minimum Gasteiger partial charge on any atom is -0.393 e. The number of aliphatic hydroxyl groups is 4. The van der Waals surface area contributed by atoms with Gasteiger partial charge < -0.3 is 30.4 Å². The summed E-state index contributed by atoms with van der Waals surface area (Å²) in [6.07, 6.45) is -0.740. The first-order valence-corrected chi connectivity index (χ1v) is 10.0. The SMILES string of the molecule is CCCc1cn([C@]2(O)O[C@H](CO)[C@](O)(F)[C@]2(O)N(O)CCc2ccccc2)c(=O)[nH]c1=O. The quantitative estimate of drug-likeness (QED) is 0.211. The Kier molecular flexibility index (Phi) is 6.67. The van der Waals surface area contributed by atoms with Gasteiger partial charge in [-0.2, -0.15) is 0 Å². The molecular formula is C20H26FN3O8. The van der Waals surface area contributed by atoms with Crippen LogP contribution in [0.15, 0.2) is 46.1 Å². The highest BCUT2D eigenvalue weighted by Gasteiger charge is 2.79. The topological polar surface area (TPSA) is 168 Å². The van der Waals surface area contributed by atoms with Gasteiger partial charge in [-0.15, -0.1) is 5.06 Å². The number of aryl methyl sites for hydroxylation is 1. The van der Waals surface area contributed by atoms with Gasteiger partial charge in [0.1, 0.15) is 6.10 Å². The van der Waals surface area contributed by atoms with Crippen LogP contribution >= 0.6 is 0 Å². The fraction of sp³-hybridized carbons (Fsp3) is 0.500. The smallest absolute Gasteiger partial charge is 0.332 e. The molecule has 0 saturated carbocycles. The Balaban J connectivity index is 2.11. The average molecular weight is 455 g/mol. The van der Waals surface area contributed by atoms with Crippen LogP contribution in [0.5, 0.6) is 0 Å². The molecule has 3 rings (SSSR count). The van der Waals surface area contributed by atoms with Crippen LogP contribution < -0.4 is 11.2 Å². The maximum atomic E-state index is 15.4. The summed E-state index contributed by atoms with van der Waals surface area (Å²) in [6.45, 7) is 0.00764. The summed E-state index contributed by atoms with van der Waals surface area (Å²) in [6, 6.07) is 8.56. The molecule has 4 atom stereocenters. The van der Waals surface area contributed by atoms with Crippen LogP contribution in [0, 0.1) is 0 Å². The lowest BCUT2D eigenvalue weighted by molar-refractivity contribution is -0.433. The number of aromatic nitrogens is 2. The second kappa shape index (κ2) is 8.83. The van der Waals surface area contributed by atoms with Crippen molar-refractivity contribution in [2.24, 2.45) is 0 Å². The Morgan fingerprint density at radius 2 is 1.84 bits per heavy atom. The van der Waals surface area contributed by atoms with E-state index in [9.17, 15) is 35.2 Å². The van der Waals surface area contributed by atoms with E-state index in [1.165, 1.54) is 0 Å². The number of benzene rings is 1. The van der Waals surface area contributed by atoms with Gasteiger partial charge in [0.15, 0.2) is 0 Å². The van der Waals surface area contributed by atoms with Crippen molar-refractivity contribution in [1.29, 1.82) is 0 Å². The average Bonchev–Trinajstić information content (AvgIpc) is 2.92. The summed E-state index contributed by atoms with van der Waals surface area (Å²) >= 11 is 0. The van der Waals surface area contributed by atoms with Crippen LogP contribution in [-0.2, 0) is 23.5 Å². The molecule has 6 N–H and O–H groups in total. The third-order valence-corrected chi connectivity index (χ3v) is 5.53. The van der Waals surface area contributed by atoms with E-state index in [1.54, 1.807) is 37.3 Å². The van der Waals surface area contributed by atoms with E-state index < -0.39 is 48.0 Å². The predicted octanol–water partition coefficient (Wildman–Crippen LogP) is -1.24. The van der Waals surface area contributed by atoms with Gasteiger partial charge in [-0.3, -0.25) is 9.78 Å². The van der Waals surface area contributed by atoms with Crippen molar-refractivity contribution in [2.45, 2.75) is 49.8 Å². The van der Waals surface area contributed by atoms with Crippen LogP contribution in [0.2, 0.25) is 0 Å². The number of hydroxylamine groups is 2. The van der Waals surface area contributed by atoms with E-state index in [0.29, 0.717) is 12.0 Å². The molecule has 1 aliphatic heterocycles. The third-order valence-electron chi connectivity index (χ3n) is 5.53. The zero-order chi connectivity index (χ0) is 23.7. The van der Waals surface area contributed by atoms with Gasteiger partial charge >= 0.3 is 11.6 Å². The van der Waals surface area contributed by atoms with E-state index >= 15 is 4.39 Å². The number of aliphatic hydroxyl groups excluding tert-OH is 1. The van der Waals surface area contributed by atoms with Crippen molar-refractivity contribution in [3.8, 4) is 0 Å². The van der Waals surface area contributed by atoms with Gasteiger partial charge in [0, 0.05) is 18.3 Å². The van der Waals surface area contributed by atoms with Crippen LogP contribution in [0.4, 0.5) is 4.39 Å². The lowest BCUT2D eigenvalue weighted by Gasteiger charge is -2.43. The zero-order valence-corrected chi connectivity index (χ0v) is 17.3. The molecule has 1 fully saturated rings. The number of nitrogens with one attached hydrogen (secondary N) is 1. The van der Waals surface area contributed by atoms with E-state index in [-0.39, 0.29) is 28.0 Å². The molecule has 0 amide bonds. The van der Waals surface area contributed by atoms with Crippen molar-refractivity contribution < 1.29 is 34.8 Å². The number of H-pyrrole nitrogens is 1. The fourth-order valence-corrected chi connectivity index (χ4v) is 3.77. The number of hydrogen-bond acceptors (Lipinski definition) is 9. The minimum atomic E-state index is -3.94. The number of hydrogen-bond donors (Lipinski definition) is 6. The Morgan fingerprint density at radius 3 is 2.44 bits per heavy atom. The normalized spacial score (nSPS) is 30.2. The number of aromatic amines is 1. The van der Waals surface area contributed by atoms with Crippen LogP contribution in [0.3, 0.4) is 0 Å². The molecule has 11 nitrogen and oxygen atoms in total. The molecular weight excluding hydrogens is 429 g/mol. The molecule has 1 aromatic heterocycles. The van der Waals surface area contributed by atoms with Crippen molar-refractivity contribution in [3.05, 3.63) is 68.5 Å². The molecule has 1 aliphatic rings. The number of ether oxygens (including phenoxy) is 1. The maximum Gasteiger partial charge on any atom is 0.332 e. The summed E-state index contributed by atoms with van der Waals surface area (Å²) in [4.78, 5) is 26.4. The molecule has 2 aromatic rings. The van der Waals surface area contributed by atoms with E-state index in [4.69, 9.17) is 4.74 Å². The highest BCUT2D eigenvalue weighted by molar-refractivity contribution is 5.16. The second-order valence-electron chi connectivity index (χ2n) is 7.64. The molecule has 1 aromatic carbocycles. The van der Waals surface area contributed by atoms with Gasteiger partial charge in [-0.05, 0) is 18.4 Å². The molecule has 0 aliphatic carbocycles. The number of halogens is 1. The molecule has 176 valence electrons. The van der Waals surface area contributed by atoms with Crippen molar-refractivity contribution in [3.63, 3.8) is 0 Å². The van der Waals surface area contributed by atoms with Gasteiger partial charge in [-0.1, -0.05) is 43.7 Å². The van der Waals surface area contributed by atoms with Crippen molar-refractivity contribution >= 4 is 0 Å². The predicted molar refractivity (Wildman–Crippen MR) is 107 cm³/mol. The highest BCUT2D eigenvalue weighted by Crippen LogP contribution is 2.50. The number of nitrogens with zero attached hydrogens (tertiary/aromatic N) is 2. The summed E-state index contributed by atoms with van der Waals surface area (Å²) in [5.74, 6) is -7.37. The number of rotatable bonds is 8. The molecule has 1 saturated heterocycles. The van der Waals surface area contributed by atoms with Crippen LogP contribution in [0.1, 0.15) is 24.5 Å². The Labute approximate surface area is 181 Å². The largest absolute Gasteiger partial charge is 0.393 e. The molecule has 2 heterocycles. The summed E-state index contributed by atoms with van der Waals surface area (Å²) in [5, 5.41) is 52.8. The maximum absolute atomic E-state index is 15.4. The van der Waals surface area contributed by atoms with Gasteiger partial charge in [0.05, 0.1) is 6.61 Å². The standard InChI is InChI=1S/C20H26FN3O8/c1-2-6-14-11-23(17(27)22-16(14)26)20(30)19(29,18(21,28)15(12-25)32-20)24(31)10-9-13-7-4-3-5-8-13/h3-5,7-8,11,15,25,28-31H,2,6,9-10,12H2,1H3,(H,22,26,27)/t15-,18-,19-,20-/m1/s1. The fourth-order valence-electron chi connectivity index (χ4n) is 3.77. The molecule has 32 heavy (non-hydrogen) atoms. The first-order valence-electron chi connectivity index (χ1n) is 10.0. The van der Waals surface area contributed by atoms with E-state index in [2.05, 4.69) is 0 Å². The molecule has 0 radical (unpaired) electrons. The summed E-state index contributed by atoms with van der Waals surface area (Å²) in [5.41, 5.74) is -5.08. The highest BCUT2D eigenvalue weighted by atomic mass is 19.2. The molecule has 0 bridgehead atoms. The zero-order valence-electron chi connectivity index (χ0n) is 17.3. The van der Waals surface area contributed by atoms with Crippen molar-refractivity contribution in [2.75, 3.05) is 13.2 Å². The van der Waals surface area contributed by atoms with E-state index in [1.807, 2.05) is 4.98 Å². The first kappa shape index (κ1) is 24.2. The summed E-state index contributed by atoms with van der Waals surface area (Å²) < 4.78 is 20.7. The lowest BCUT2D eigenvalue weighted by atomic mass is 9.97. The Morgan fingerprint density at radius 1 is 1.19 bits per heavy atom. The van der Waals surface area contributed by atoms with Crippen molar-refractivity contribution in [1.82, 2.24) is 14.6 Å². The Hall–Kier alpha value is -2.45. The van der Waals surface area contributed by atoms with Gasteiger partial charge in [0.2, 0.25) is 0 Å². The summed E-state index contributed by atoms with van der Waals surface area (Å²) in [7, 11) is 0. The Bertz CT molecular complexity index is 1060. The first-order chi connectivity index (χ1) is 15.0. The van der Waals surface area contributed by atoms with Gasteiger partial charge in [-0.25, -0.2) is 13.8 Å². The second-order valence-corrected chi connectivity index (χ2v) is 7.64. The molecule has 0 unspecified atom stereocenters. The third kappa shape index (κ3) is 3.69. The molecule has 0 spiro atoms. The number of alkyl halides is 1.